The van der Waals surface area contributed by atoms with Gasteiger partial charge in [0.1, 0.15) is 5.75 Å². The van der Waals surface area contributed by atoms with Crippen LogP contribution in [0.5, 0.6) is 5.75 Å². The summed E-state index contributed by atoms with van der Waals surface area (Å²) in [5.41, 5.74) is 0. The number of carboxylic acid groups (broad SMARTS) is 1. The van der Waals surface area contributed by atoms with E-state index in [1.807, 2.05) is 42.1 Å². The van der Waals surface area contributed by atoms with E-state index in [0.717, 1.165) is 37.5 Å². The summed E-state index contributed by atoms with van der Waals surface area (Å²) in [6, 6.07) is 10.0. The van der Waals surface area contributed by atoms with Crippen LogP contribution in [-0.2, 0) is 4.79 Å². The molecule has 0 aromatic heterocycles. The molecule has 22 heavy (non-hydrogen) atoms. The fraction of sp³-hybridized carbons (Fsp3) is 0.611. The van der Waals surface area contributed by atoms with Crippen LogP contribution in [0.25, 0.3) is 0 Å². The summed E-state index contributed by atoms with van der Waals surface area (Å²) >= 11 is 2.04. The van der Waals surface area contributed by atoms with Crippen LogP contribution in [0.15, 0.2) is 30.3 Å². The lowest BCUT2D eigenvalue weighted by molar-refractivity contribution is -0.137. The molecule has 1 aromatic rings. The van der Waals surface area contributed by atoms with Gasteiger partial charge >= 0.3 is 5.97 Å². The highest BCUT2D eigenvalue weighted by Gasteiger charge is 2.27. The van der Waals surface area contributed by atoms with E-state index in [1.54, 1.807) is 0 Å². The first-order valence-corrected chi connectivity index (χ1v) is 9.38. The summed E-state index contributed by atoms with van der Waals surface area (Å²) in [5.74, 6) is 4.16. The van der Waals surface area contributed by atoms with Gasteiger partial charge in [-0.1, -0.05) is 37.5 Å². The average molecular weight is 322 g/mol. The Bertz CT molecular complexity index is 435. The van der Waals surface area contributed by atoms with E-state index >= 15 is 0 Å². The number of carbonyl (C=O) groups is 1. The maximum absolute atomic E-state index is 10.5. The SMILES string of the molecule is O=C(O)CCCCCCC1CSCC1COc1ccccc1. The highest BCUT2D eigenvalue weighted by molar-refractivity contribution is 7.99. The first-order valence-electron chi connectivity index (χ1n) is 8.23. The molecule has 1 aliphatic rings. The van der Waals surface area contributed by atoms with Crippen LogP contribution >= 0.6 is 11.8 Å². The number of ether oxygens (including phenoxy) is 1. The van der Waals surface area contributed by atoms with Crippen LogP contribution in [-0.4, -0.2) is 29.2 Å². The second-order valence-electron chi connectivity index (χ2n) is 6.03. The quantitative estimate of drug-likeness (QED) is 0.646. The van der Waals surface area contributed by atoms with Gasteiger partial charge in [-0.3, -0.25) is 4.79 Å². The van der Waals surface area contributed by atoms with Crippen molar-refractivity contribution in [2.45, 2.75) is 38.5 Å². The van der Waals surface area contributed by atoms with Crippen LogP contribution in [0.4, 0.5) is 0 Å². The van der Waals surface area contributed by atoms with Crippen molar-refractivity contribution in [2.24, 2.45) is 11.8 Å². The maximum Gasteiger partial charge on any atom is 0.303 e. The molecule has 0 bridgehead atoms. The molecule has 1 saturated heterocycles. The number of carboxylic acids is 1. The zero-order valence-electron chi connectivity index (χ0n) is 13.1. The third kappa shape index (κ3) is 6.30. The van der Waals surface area contributed by atoms with Gasteiger partial charge in [0.15, 0.2) is 0 Å². The molecular weight excluding hydrogens is 296 g/mol. The summed E-state index contributed by atoms with van der Waals surface area (Å²) < 4.78 is 5.91. The number of benzene rings is 1. The standard InChI is InChI=1S/C18H26O3S/c19-18(20)11-7-2-1-4-8-15-13-22-14-16(15)12-21-17-9-5-3-6-10-17/h3,5-6,9-10,15-16H,1-2,4,7-8,11-14H2,(H,19,20). The van der Waals surface area contributed by atoms with Crippen molar-refractivity contribution in [2.75, 3.05) is 18.1 Å². The Labute approximate surface area is 137 Å². The van der Waals surface area contributed by atoms with Crippen molar-refractivity contribution >= 4 is 17.7 Å². The van der Waals surface area contributed by atoms with Crippen LogP contribution in [0.2, 0.25) is 0 Å². The van der Waals surface area contributed by atoms with Crippen molar-refractivity contribution in [3.05, 3.63) is 30.3 Å². The van der Waals surface area contributed by atoms with Crippen molar-refractivity contribution in [3.63, 3.8) is 0 Å². The number of aliphatic carboxylic acids is 1. The third-order valence-corrected chi connectivity index (χ3v) is 5.58. The molecule has 0 saturated carbocycles. The molecule has 2 unspecified atom stereocenters. The van der Waals surface area contributed by atoms with E-state index in [2.05, 4.69) is 0 Å². The molecule has 2 atom stereocenters. The smallest absolute Gasteiger partial charge is 0.303 e. The van der Waals surface area contributed by atoms with E-state index in [9.17, 15) is 4.79 Å². The molecular formula is C18H26O3S. The number of para-hydroxylation sites is 1. The van der Waals surface area contributed by atoms with E-state index in [-0.39, 0.29) is 0 Å². The Morgan fingerprint density at radius 3 is 2.59 bits per heavy atom. The Kier molecular flexibility index (Phi) is 7.64. The predicted molar refractivity (Wildman–Crippen MR) is 91.6 cm³/mol. The van der Waals surface area contributed by atoms with Gasteiger partial charge in [0.25, 0.3) is 0 Å². The van der Waals surface area contributed by atoms with Gasteiger partial charge in [0.2, 0.25) is 0 Å². The summed E-state index contributed by atoms with van der Waals surface area (Å²) in [6.07, 6.45) is 5.79. The summed E-state index contributed by atoms with van der Waals surface area (Å²) in [5, 5.41) is 8.61. The minimum Gasteiger partial charge on any atom is -0.493 e. The molecule has 2 rings (SSSR count). The zero-order chi connectivity index (χ0) is 15.6. The number of unbranched alkanes of at least 4 members (excludes halogenated alkanes) is 3. The van der Waals surface area contributed by atoms with Crippen molar-refractivity contribution in [1.82, 2.24) is 0 Å². The molecule has 1 aromatic carbocycles. The van der Waals surface area contributed by atoms with Gasteiger partial charge in [0, 0.05) is 12.3 Å². The third-order valence-electron chi connectivity index (χ3n) is 4.25. The second-order valence-corrected chi connectivity index (χ2v) is 7.10. The number of hydrogen-bond donors (Lipinski definition) is 1. The molecule has 3 nitrogen and oxygen atoms in total. The molecule has 1 fully saturated rings. The molecule has 1 N–H and O–H groups in total. The Hall–Kier alpha value is -1.16. The highest BCUT2D eigenvalue weighted by atomic mass is 32.2. The van der Waals surface area contributed by atoms with Gasteiger partial charge in [-0.25, -0.2) is 0 Å². The van der Waals surface area contributed by atoms with E-state index in [0.29, 0.717) is 12.3 Å². The van der Waals surface area contributed by atoms with Crippen molar-refractivity contribution in [1.29, 1.82) is 0 Å². The molecule has 122 valence electrons. The summed E-state index contributed by atoms with van der Waals surface area (Å²) in [7, 11) is 0. The Balaban J connectivity index is 1.60. The van der Waals surface area contributed by atoms with Crippen LogP contribution in [0.1, 0.15) is 38.5 Å². The van der Waals surface area contributed by atoms with Crippen LogP contribution < -0.4 is 4.74 Å². The topological polar surface area (TPSA) is 46.5 Å². The molecule has 0 aliphatic carbocycles. The minimum absolute atomic E-state index is 0.312. The average Bonchev–Trinajstić information content (AvgIpc) is 2.97. The highest BCUT2D eigenvalue weighted by Crippen LogP contribution is 2.34. The van der Waals surface area contributed by atoms with Gasteiger partial charge in [-0.05, 0) is 42.4 Å². The van der Waals surface area contributed by atoms with Gasteiger partial charge < -0.3 is 9.84 Å². The Morgan fingerprint density at radius 2 is 1.82 bits per heavy atom. The first kappa shape index (κ1) is 17.2. The molecule has 1 aliphatic heterocycles. The van der Waals surface area contributed by atoms with Gasteiger partial charge in [-0.15, -0.1) is 0 Å². The fourth-order valence-corrected chi connectivity index (χ4v) is 4.45. The molecule has 1 heterocycles. The normalized spacial score (nSPS) is 20.9. The lowest BCUT2D eigenvalue weighted by Crippen LogP contribution is -2.20. The Morgan fingerprint density at radius 1 is 1.09 bits per heavy atom. The summed E-state index contributed by atoms with van der Waals surface area (Å²) in [4.78, 5) is 10.5. The monoisotopic (exact) mass is 322 g/mol. The number of thioether (sulfide) groups is 1. The van der Waals surface area contributed by atoms with Gasteiger partial charge in [-0.2, -0.15) is 11.8 Å². The van der Waals surface area contributed by atoms with Gasteiger partial charge in [0.05, 0.1) is 6.61 Å². The first-order chi connectivity index (χ1) is 10.8. The maximum atomic E-state index is 10.5. The molecule has 4 heteroatoms. The van der Waals surface area contributed by atoms with Crippen molar-refractivity contribution in [3.8, 4) is 5.75 Å². The number of rotatable bonds is 10. The van der Waals surface area contributed by atoms with E-state index in [4.69, 9.17) is 9.84 Å². The fourth-order valence-electron chi connectivity index (χ4n) is 2.90. The zero-order valence-corrected chi connectivity index (χ0v) is 13.9. The second kappa shape index (κ2) is 9.78. The van der Waals surface area contributed by atoms with E-state index < -0.39 is 5.97 Å². The molecule has 0 amide bonds. The van der Waals surface area contributed by atoms with Crippen LogP contribution in [0.3, 0.4) is 0 Å². The largest absolute Gasteiger partial charge is 0.493 e. The predicted octanol–water partition coefficient (Wildman–Crippen LogP) is 4.47. The number of hydrogen-bond acceptors (Lipinski definition) is 3. The lowest BCUT2D eigenvalue weighted by atomic mass is 9.91. The van der Waals surface area contributed by atoms with Crippen LogP contribution in [0, 0.1) is 11.8 Å². The minimum atomic E-state index is -0.676. The molecule has 0 spiro atoms. The lowest BCUT2D eigenvalue weighted by Gasteiger charge is -2.19. The summed E-state index contributed by atoms with van der Waals surface area (Å²) in [6.45, 7) is 0.820. The van der Waals surface area contributed by atoms with Crippen molar-refractivity contribution < 1.29 is 14.6 Å². The molecule has 0 radical (unpaired) electrons. The van der Waals surface area contributed by atoms with E-state index in [1.165, 1.54) is 24.3 Å².